The summed E-state index contributed by atoms with van der Waals surface area (Å²) in [6.07, 6.45) is 0. The molecule has 0 fully saturated rings. The van der Waals surface area contributed by atoms with Gasteiger partial charge in [-0.3, -0.25) is 4.79 Å². The van der Waals surface area contributed by atoms with E-state index in [1.54, 1.807) is 37.3 Å². The van der Waals surface area contributed by atoms with Gasteiger partial charge in [-0.05, 0) is 37.1 Å². The second kappa shape index (κ2) is 6.67. The van der Waals surface area contributed by atoms with Gasteiger partial charge < -0.3 is 14.9 Å². The zero-order chi connectivity index (χ0) is 15.4. The van der Waals surface area contributed by atoms with Gasteiger partial charge in [0.2, 0.25) is 5.91 Å². The van der Waals surface area contributed by atoms with Crippen LogP contribution in [0.25, 0.3) is 0 Å². The van der Waals surface area contributed by atoms with E-state index in [1.165, 1.54) is 11.8 Å². The molecule has 2 N–H and O–H groups in total. The third-order valence-electron chi connectivity index (χ3n) is 2.84. The molecular weight excluding hydrogens is 288 g/mol. The molecule has 0 saturated heterocycles. The van der Waals surface area contributed by atoms with Crippen LogP contribution in [-0.4, -0.2) is 21.4 Å². The smallest absolute Gasteiger partial charge is 0.239 e. The molecule has 6 heteroatoms. The van der Waals surface area contributed by atoms with Crippen LogP contribution in [0.1, 0.15) is 19.6 Å². The van der Waals surface area contributed by atoms with Crippen molar-refractivity contribution in [3.05, 3.63) is 36.1 Å². The van der Waals surface area contributed by atoms with Gasteiger partial charge >= 0.3 is 0 Å². The number of rotatable bonds is 5. The van der Waals surface area contributed by atoms with Crippen molar-refractivity contribution >= 4 is 23.5 Å². The Morgan fingerprint density at radius 3 is 2.52 bits per heavy atom. The number of thioether (sulfide) groups is 1. The number of hydrogen-bond acceptors (Lipinski definition) is 5. The number of carbonyl (C=O) groups is 1. The molecule has 2 rings (SSSR count). The fourth-order valence-electron chi connectivity index (χ4n) is 1.79. The Kier molecular flexibility index (Phi) is 4.90. The molecule has 0 bridgehead atoms. The van der Waals surface area contributed by atoms with Crippen molar-refractivity contribution in [1.82, 2.24) is 5.16 Å². The van der Waals surface area contributed by atoms with Crippen molar-refractivity contribution in [3.63, 3.8) is 0 Å². The molecule has 5 nitrogen and oxygen atoms in total. The fourth-order valence-corrected chi connectivity index (χ4v) is 2.81. The summed E-state index contributed by atoms with van der Waals surface area (Å²) >= 11 is 1.46. The van der Waals surface area contributed by atoms with Gasteiger partial charge in [-0.1, -0.05) is 19.0 Å². The van der Waals surface area contributed by atoms with Crippen LogP contribution in [0.2, 0.25) is 0 Å². The molecule has 0 saturated carbocycles. The lowest BCUT2D eigenvalue weighted by Crippen LogP contribution is -2.29. The van der Waals surface area contributed by atoms with E-state index >= 15 is 0 Å². The van der Waals surface area contributed by atoms with E-state index < -0.39 is 0 Å². The molecular formula is C15H18N2O3S. The van der Waals surface area contributed by atoms with E-state index in [0.29, 0.717) is 11.6 Å². The van der Waals surface area contributed by atoms with Crippen molar-refractivity contribution in [2.75, 3.05) is 5.32 Å². The first-order chi connectivity index (χ1) is 9.95. The molecule has 2 aromatic rings. The number of amides is 1. The Balaban J connectivity index is 2.07. The van der Waals surface area contributed by atoms with Crippen LogP contribution in [0.15, 0.2) is 39.8 Å². The minimum Gasteiger partial charge on any atom is -0.508 e. The summed E-state index contributed by atoms with van der Waals surface area (Å²) in [4.78, 5) is 13.3. The van der Waals surface area contributed by atoms with Gasteiger partial charge in [-0.2, -0.15) is 0 Å². The Bertz CT molecular complexity index is 608. The number of nitrogens with zero attached hydrogens (tertiary/aromatic N) is 1. The number of hydrogen-bond donors (Lipinski definition) is 2. The molecule has 0 radical (unpaired) electrons. The van der Waals surface area contributed by atoms with E-state index in [-0.39, 0.29) is 22.8 Å². The molecule has 21 heavy (non-hydrogen) atoms. The lowest BCUT2D eigenvalue weighted by molar-refractivity contribution is -0.116. The molecule has 1 aromatic heterocycles. The molecule has 0 unspecified atom stereocenters. The summed E-state index contributed by atoms with van der Waals surface area (Å²) in [6, 6.07) is 8.49. The normalized spacial score (nSPS) is 12.4. The number of nitrogens with one attached hydrogen (secondary N) is 1. The SMILES string of the molecule is Cc1cc(NC(=O)[C@@H](Sc2ccc(O)cc2)C(C)C)no1. The zero-order valence-electron chi connectivity index (χ0n) is 12.2. The maximum absolute atomic E-state index is 12.4. The second-order valence-electron chi connectivity index (χ2n) is 5.09. The molecule has 0 aliphatic carbocycles. The number of aromatic hydroxyl groups is 1. The van der Waals surface area contributed by atoms with Crippen LogP contribution in [0, 0.1) is 12.8 Å². The van der Waals surface area contributed by atoms with Gasteiger partial charge in [0.15, 0.2) is 5.82 Å². The first kappa shape index (κ1) is 15.4. The van der Waals surface area contributed by atoms with Crippen LogP contribution in [0.5, 0.6) is 5.75 Å². The highest BCUT2D eigenvalue weighted by Crippen LogP contribution is 2.30. The van der Waals surface area contributed by atoms with Gasteiger partial charge in [0.05, 0.1) is 5.25 Å². The zero-order valence-corrected chi connectivity index (χ0v) is 13.0. The van der Waals surface area contributed by atoms with E-state index in [0.717, 1.165) is 4.90 Å². The van der Waals surface area contributed by atoms with E-state index in [9.17, 15) is 9.90 Å². The Labute approximate surface area is 127 Å². The second-order valence-corrected chi connectivity index (χ2v) is 6.30. The van der Waals surface area contributed by atoms with Crippen LogP contribution < -0.4 is 5.32 Å². The third kappa shape index (κ3) is 4.26. The lowest BCUT2D eigenvalue weighted by atomic mass is 10.1. The molecule has 1 aromatic carbocycles. The topological polar surface area (TPSA) is 75.4 Å². The van der Waals surface area contributed by atoms with Crippen LogP contribution in [0.3, 0.4) is 0 Å². The monoisotopic (exact) mass is 306 g/mol. The standard InChI is InChI=1S/C15H18N2O3S/c1-9(2)14(21-12-6-4-11(18)5-7-12)15(19)16-13-8-10(3)20-17-13/h4-9,14,18H,1-3H3,(H,16,17,19)/t14-/m0/s1. The quantitative estimate of drug-likeness (QED) is 0.828. The summed E-state index contributed by atoms with van der Waals surface area (Å²) in [6.45, 7) is 5.76. The van der Waals surface area contributed by atoms with Crippen molar-refractivity contribution < 1.29 is 14.4 Å². The minimum absolute atomic E-state index is 0.114. The van der Waals surface area contributed by atoms with E-state index in [2.05, 4.69) is 10.5 Å². The molecule has 0 aliphatic rings. The maximum atomic E-state index is 12.4. The molecule has 0 spiro atoms. The average molecular weight is 306 g/mol. The summed E-state index contributed by atoms with van der Waals surface area (Å²) in [5.74, 6) is 1.32. The van der Waals surface area contributed by atoms with Crippen LogP contribution in [-0.2, 0) is 4.79 Å². The number of aryl methyl sites for hydroxylation is 1. The summed E-state index contributed by atoms with van der Waals surface area (Å²) in [5, 5.41) is 15.6. The van der Waals surface area contributed by atoms with Gasteiger partial charge in [0, 0.05) is 11.0 Å². The van der Waals surface area contributed by atoms with Gasteiger partial charge in [-0.15, -0.1) is 11.8 Å². The Morgan fingerprint density at radius 2 is 2.00 bits per heavy atom. The number of aromatic nitrogens is 1. The molecule has 112 valence electrons. The molecule has 1 atom stereocenters. The maximum Gasteiger partial charge on any atom is 0.239 e. The van der Waals surface area contributed by atoms with Crippen molar-refractivity contribution in [3.8, 4) is 5.75 Å². The molecule has 1 heterocycles. The lowest BCUT2D eigenvalue weighted by Gasteiger charge is -2.19. The fraction of sp³-hybridized carbons (Fsp3) is 0.333. The first-order valence-corrected chi connectivity index (χ1v) is 7.53. The van der Waals surface area contributed by atoms with Crippen LogP contribution >= 0.6 is 11.8 Å². The average Bonchev–Trinajstić information content (AvgIpc) is 2.82. The number of anilines is 1. The summed E-state index contributed by atoms with van der Waals surface area (Å²) in [7, 11) is 0. The Hall–Kier alpha value is -1.95. The third-order valence-corrected chi connectivity index (χ3v) is 4.40. The number of carbonyl (C=O) groups excluding carboxylic acids is 1. The summed E-state index contributed by atoms with van der Waals surface area (Å²) < 4.78 is 4.94. The van der Waals surface area contributed by atoms with Gasteiger partial charge in [-0.25, -0.2) is 0 Å². The Morgan fingerprint density at radius 1 is 1.33 bits per heavy atom. The van der Waals surface area contributed by atoms with E-state index in [4.69, 9.17) is 4.52 Å². The first-order valence-electron chi connectivity index (χ1n) is 6.65. The van der Waals surface area contributed by atoms with Gasteiger partial charge in [0.25, 0.3) is 0 Å². The highest BCUT2D eigenvalue weighted by atomic mass is 32.2. The number of phenols is 1. The van der Waals surface area contributed by atoms with Crippen LogP contribution in [0.4, 0.5) is 5.82 Å². The van der Waals surface area contributed by atoms with Crippen molar-refractivity contribution in [2.45, 2.75) is 30.9 Å². The predicted octanol–water partition coefficient (Wildman–Crippen LogP) is 3.44. The van der Waals surface area contributed by atoms with Gasteiger partial charge in [0.1, 0.15) is 11.5 Å². The number of phenolic OH excluding ortho intramolecular Hbond substituents is 1. The van der Waals surface area contributed by atoms with E-state index in [1.807, 2.05) is 13.8 Å². The largest absolute Gasteiger partial charge is 0.508 e. The molecule has 1 amide bonds. The number of benzene rings is 1. The molecule has 0 aliphatic heterocycles. The predicted molar refractivity (Wildman–Crippen MR) is 82.5 cm³/mol. The van der Waals surface area contributed by atoms with Crippen molar-refractivity contribution in [1.29, 1.82) is 0 Å². The summed E-state index contributed by atoms with van der Waals surface area (Å²) in [5.41, 5.74) is 0. The highest BCUT2D eigenvalue weighted by Gasteiger charge is 2.24. The minimum atomic E-state index is -0.258. The highest BCUT2D eigenvalue weighted by molar-refractivity contribution is 8.00. The van der Waals surface area contributed by atoms with Crippen molar-refractivity contribution in [2.24, 2.45) is 5.92 Å².